The van der Waals surface area contributed by atoms with Crippen molar-refractivity contribution in [3.63, 3.8) is 0 Å². The Morgan fingerprint density at radius 3 is 1.97 bits per heavy atom. The number of fused-ring (bicyclic) bond motifs is 1. The lowest BCUT2D eigenvalue weighted by Crippen LogP contribution is -3.14. The summed E-state index contributed by atoms with van der Waals surface area (Å²) in [7, 11) is 0. The molecular formula is C25H39ClN2O. The number of benzene rings is 2. The molecule has 0 atom stereocenters. The zero-order chi connectivity index (χ0) is 20.2. The quantitative estimate of drug-likeness (QED) is 0.293. The van der Waals surface area contributed by atoms with E-state index in [1.54, 1.807) is 0 Å². The summed E-state index contributed by atoms with van der Waals surface area (Å²) in [5.41, 5.74) is 1.06. The minimum atomic E-state index is 0. The Balaban J connectivity index is 0.00000420. The molecule has 0 aromatic heterocycles. The van der Waals surface area contributed by atoms with E-state index in [9.17, 15) is 0 Å². The molecule has 2 rings (SSSR count). The van der Waals surface area contributed by atoms with Crippen molar-refractivity contribution in [3.05, 3.63) is 42.0 Å². The highest BCUT2D eigenvalue weighted by Crippen LogP contribution is 2.28. The smallest absolute Gasteiger partial charge is 0.226 e. The van der Waals surface area contributed by atoms with Crippen LogP contribution in [0.4, 0.5) is 0 Å². The van der Waals surface area contributed by atoms with Gasteiger partial charge in [0.15, 0.2) is 0 Å². The fraction of sp³-hybridized carbons (Fsp3) is 0.560. The van der Waals surface area contributed by atoms with Crippen molar-refractivity contribution in [2.45, 2.75) is 72.1 Å². The molecule has 0 unspecified atom stereocenters. The highest BCUT2D eigenvalue weighted by Gasteiger charge is 2.20. The minimum Gasteiger partial charge on any atom is -1.00 e. The molecule has 3 nitrogen and oxygen atoms in total. The molecular weight excluding hydrogens is 380 g/mol. The van der Waals surface area contributed by atoms with Crippen LogP contribution in [0, 0.1) is 5.41 Å². The Morgan fingerprint density at radius 1 is 0.793 bits per heavy atom. The molecule has 0 heterocycles. The fourth-order valence-electron chi connectivity index (χ4n) is 3.68. The fourth-order valence-corrected chi connectivity index (χ4v) is 3.68. The summed E-state index contributed by atoms with van der Waals surface area (Å²) in [5.74, 6) is 1.68. The molecule has 0 aliphatic carbocycles. The Labute approximate surface area is 183 Å². The van der Waals surface area contributed by atoms with Gasteiger partial charge >= 0.3 is 0 Å². The maximum absolute atomic E-state index is 9.00. The molecule has 0 saturated heterocycles. The van der Waals surface area contributed by atoms with Crippen molar-refractivity contribution in [1.29, 1.82) is 5.41 Å². The minimum absolute atomic E-state index is 0. The second-order valence-corrected chi connectivity index (χ2v) is 7.75. The van der Waals surface area contributed by atoms with Gasteiger partial charge in [-0.3, -0.25) is 10.3 Å². The zero-order valence-electron chi connectivity index (χ0n) is 18.5. The van der Waals surface area contributed by atoms with Gasteiger partial charge in [-0.2, -0.15) is 0 Å². The summed E-state index contributed by atoms with van der Waals surface area (Å²) >= 11 is 0. The summed E-state index contributed by atoms with van der Waals surface area (Å²) in [4.78, 5) is 1.33. The van der Waals surface area contributed by atoms with Crippen molar-refractivity contribution in [1.82, 2.24) is 0 Å². The third kappa shape index (κ3) is 7.64. The van der Waals surface area contributed by atoms with Crippen molar-refractivity contribution >= 4 is 16.6 Å². The van der Waals surface area contributed by atoms with Gasteiger partial charge in [-0.05, 0) is 44.2 Å². The van der Waals surface area contributed by atoms with E-state index >= 15 is 0 Å². The average Bonchev–Trinajstić information content (AvgIpc) is 2.72. The molecule has 0 spiro atoms. The first kappa shape index (κ1) is 25.5. The third-order valence-corrected chi connectivity index (χ3v) is 5.43. The van der Waals surface area contributed by atoms with Crippen molar-refractivity contribution in [2.24, 2.45) is 0 Å². The molecule has 0 bridgehead atoms. The summed E-state index contributed by atoms with van der Waals surface area (Å²) < 4.78 is 6.04. The number of quaternary nitrogens is 1. The number of rotatable bonds is 13. The molecule has 0 amide bonds. The van der Waals surface area contributed by atoms with E-state index in [2.05, 4.69) is 57.2 Å². The van der Waals surface area contributed by atoms with Gasteiger partial charge in [0.25, 0.3) is 0 Å². The molecule has 2 aromatic rings. The predicted octanol–water partition coefficient (Wildman–Crippen LogP) is 2.61. The molecule has 29 heavy (non-hydrogen) atoms. The average molecular weight is 419 g/mol. The lowest BCUT2D eigenvalue weighted by molar-refractivity contribution is -0.806. The Kier molecular flexibility index (Phi) is 12.6. The van der Waals surface area contributed by atoms with Gasteiger partial charge in [-0.1, -0.05) is 64.3 Å². The molecule has 4 heteroatoms. The van der Waals surface area contributed by atoms with E-state index in [4.69, 9.17) is 10.1 Å². The van der Waals surface area contributed by atoms with E-state index in [-0.39, 0.29) is 12.4 Å². The maximum atomic E-state index is 9.00. The van der Waals surface area contributed by atoms with Crippen LogP contribution in [0.3, 0.4) is 0 Å². The predicted molar refractivity (Wildman–Crippen MR) is 121 cm³/mol. The number of nitrogens with one attached hydrogen (secondary N) is 2. The maximum Gasteiger partial charge on any atom is 0.226 e. The van der Waals surface area contributed by atoms with Gasteiger partial charge in [0.1, 0.15) is 5.75 Å². The van der Waals surface area contributed by atoms with Crippen LogP contribution >= 0.6 is 0 Å². The van der Waals surface area contributed by atoms with Gasteiger partial charge in [0.2, 0.25) is 5.84 Å². The van der Waals surface area contributed by atoms with Gasteiger partial charge in [0, 0.05) is 10.8 Å². The second-order valence-electron chi connectivity index (χ2n) is 7.75. The van der Waals surface area contributed by atoms with Crippen LogP contribution in [-0.2, 0) is 0 Å². The molecule has 0 aliphatic heterocycles. The van der Waals surface area contributed by atoms with Crippen LogP contribution in [0.15, 0.2) is 36.4 Å². The van der Waals surface area contributed by atoms with Crippen LogP contribution in [0.2, 0.25) is 0 Å². The normalized spacial score (nSPS) is 10.9. The van der Waals surface area contributed by atoms with E-state index in [1.165, 1.54) is 43.4 Å². The van der Waals surface area contributed by atoms with Gasteiger partial charge < -0.3 is 17.1 Å². The van der Waals surface area contributed by atoms with Crippen LogP contribution in [0.1, 0.15) is 77.7 Å². The SMILES string of the molecule is CCCCC[NH+](CCCCC)C(=N)c1ccc(OCCCC)c2ccccc12.[Cl-]. The number of amidine groups is 1. The van der Waals surface area contributed by atoms with Crippen LogP contribution in [-0.4, -0.2) is 25.5 Å². The Hall–Kier alpha value is -1.58. The second kappa shape index (κ2) is 14.4. The summed E-state index contributed by atoms with van der Waals surface area (Å²) in [6.45, 7) is 9.53. The highest BCUT2D eigenvalue weighted by molar-refractivity contribution is 6.06. The highest BCUT2D eigenvalue weighted by atomic mass is 35.5. The van der Waals surface area contributed by atoms with E-state index < -0.39 is 0 Å². The van der Waals surface area contributed by atoms with Crippen molar-refractivity contribution in [2.75, 3.05) is 19.7 Å². The summed E-state index contributed by atoms with van der Waals surface area (Å²) in [5, 5.41) is 11.3. The molecule has 0 aliphatic rings. The molecule has 162 valence electrons. The molecule has 2 N–H and O–H groups in total. The largest absolute Gasteiger partial charge is 1.00 e. The van der Waals surface area contributed by atoms with E-state index in [0.717, 1.165) is 60.5 Å². The molecule has 0 fully saturated rings. The van der Waals surface area contributed by atoms with Gasteiger partial charge in [-0.25, -0.2) is 0 Å². The lowest BCUT2D eigenvalue weighted by atomic mass is 10.0. The molecule has 0 saturated carbocycles. The number of hydrogen-bond acceptors (Lipinski definition) is 2. The first-order chi connectivity index (χ1) is 13.7. The van der Waals surface area contributed by atoms with Crippen molar-refractivity contribution in [3.8, 4) is 5.75 Å². The standard InChI is InChI=1S/C25H38N2O.ClH/c1-4-7-12-18-27(19-13-8-5-2)25(26)23-16-17-24(28-20-9-6-3)22-15-11-10-14-21(22)23;/h10-11,14-17,26H,4-9,12-13,18-20H2,1-3H3;1H. The van der Waals surface area contributed by atoms with E-state index in [0.29, 0.717) is 0 Å². The monoisotopic (exact) mass is 418 g/mol. The molecule has 2 aromatic carbocycles. The Bertz CT molecular complexity index is 722. The van der Waals surface area contributed by atoms with Crippen molar-refractivity contribution < 1.29 is 22.0 Å². The first-order valence-corrected chi connectivity index (χ1v) is 11.3. The van der Waals surface area contributed by atoms with Crippen LogP contribution in [0.25, 0.3) is 10.8 Å². The number of hydrogen-bond donors (Lipinski definition) is 2. The van der Waals surface area contributed by atoms with E-state index in [1.807, 2.05) is 0 Å². The number of unbranched alkanes of at least 4 members (excludes halogenated alkanes) is 5. The number of halogens is 1. The number of ether oxygens (including phenoxy) is 1. The summed E-state index contributed by atoms with van der Waals surface area (Å²) in [6.07, 6.45) is 9.52. The topological polar surface area (TPSA) is 37.5 Å². The zero-order valence-corrected chi connectivity index (χ0v) is 19.3. The van der Waals surface area contributed by atoms with Crippen LogP contribution < -0.4 is 22.0 Å². The lowest BCUT2D eigenvalue weighted by Gasteiger charge is -2.21. The third-order valence-electron chi connectivity index (χ3n) is 5.43. The van der Waals surface area contributed by atoms with Gasteiger partial charge in [0.05, 0.1) is 25.3 Å². The van der Waals surface area contributed by atoms with Crippen LogP contribution in [0.5, 0.6) is 5.75 Å². The molecule has 0 radical (unpaired) electrons. The Morgan fingerprint density at radius 2 is 1.38 bits per heavy atom. The van der Waals surface area contributed by atoms with Gasteiger partial charge in [-0.15, -0.1) is 0 Å². The first-order valence-electron chi connectivity index (χ1n) is 11.3. The summed E-state index contributed by atoms with van der Waals surface area (Å²) in [6, 6.07) is 12.6.